The highest BCUT2D eigenvalue weighted by molar-refractivity contribution is 5.70. The maximum Gasteiger partial charge on any atom is 0.410 e. The van der Waals surface area contributed by atoms with Crippen LogP contribution < -0.4 is 0 Å². The van der Waals surface area contributed by atoms with Crippen molar-refractivity contribution in [2.24, 2.45) is 0 Å². The van der Waals surface area contributed by atoms with E-state index in [0.717, 1.165) is 0 Å². The molecule has 1 unspecified atom stereocenters. The lowest BCUT2D eigenvalue weighted by molar-refractivity contribution is 0.158. The van der Waals surface area contributed by atoms with Crippen LogP contribution in [-0.2, 0) is 4.74 Å². The number of aliphatic hydroxyl groups is 1. The lowest BCUT2D eigenvalue weighted by Gasteiger charge is -2.16. The van der Waals surface area contributed by atoms with Crippen molar-refractivity contribution in [1.82, 2.24) is 4.90 Å². The zero-order valence-corrected chi connectivity index (χ0v) is 6.69. The highest BCUT2D eigenvalue weighted by Crippen LogP contribution is 2.10. The highest BCUT2D eigenvalue weighted by Gasteiger charge is 2.31. The third-order valence-electron chi connectivity index (χ3n) is 1.72. The predicted molar refractivity (Wildman–Crippen MR) is 42.6 cm³/mol. The molecule has 0 spiro atoms. The van der Waals surface area contributed by atoms with Gasteiger partial charge in [0.2, 0.25) is 0 Å². The molecule has 4 nitrogen and oxygen atoms in total. The molecule has 0 bridgehead atoms. The smallest absolute Gasteiger partial charge is 0.410 e. The van der Waals surface area contributed by atoms with E-state index in [4.69, 9.17) is 9.84 Å². The summed E-state index contributed by atoms with van der Waals surface area (Å²) in [4.78, 5) is 12.4. The molecule has 1 atom stereocenters. The van der Waals surface area contributed by atoms with E-state index in [0.29, 0.717) is 6.54 Å². The molecule has 1 heterocycles. The summed E-state index contributed by atoms with van der Waals surface area (Å²) in [6, 6.07) is -0.220. The quantitative estimate of drug-likeness (QED) is 0.611. The highest BCUT2D eigenvalue weighted by atomic mass is 16.6. The van der Waals surface area contributed by atoms with Gasteiger partial charge < -0.3 is 9.84 Å². The van der Waals surface area contributed by atoms with Crippen molar-refractivity contribution in [2.45, 2.75) is 6.04 Å². The van der Waals surface area contributed by atoms with Crippen LogP contribution in [0.2, 0.25) is 0 Å². The summed E-state index contributed by atoms with van der Waals surface area (Å²) in [5.41, 5.74) is 2.55. The molecule has 1 saturated heterocycles. The molecule has 0 saturated carbocycles. The molecule has 1 aliphatic heterocycles. The topological polar surface area (TPSA) is 49.8 Å². The van der Waals surface area contributed by atoms with Crippen LogP contribution in [-0.4, -0.2) is 41.9 Å². The van der Waals surface area contributed by atoms with Gasteiger partial charge in [0.05, 0.1) is 12.6 Å². The van der Waals surface area contributed by atoms with Gasteiger partial charge in [0.15, 0.2) is 0 Å². The zero-order chi connectivity index (χ0) is 8.97. The fourth-order valence-corrected chi connectivity index (χ4v) is 1.03. The minimum absolute atomic E-state index is 0.0727. The first-order valence-corrected chi connectivity index (χ1v) is 3.68. The van der Waals surface area contributed by atoms with Crippen LogP contribution in [0.25, 0.3) is 0 Å². The van der Waals surface area contributed by atoms with Crippen molar-refractivity contribution >= 4 is 6.09 Å². The van der Waals surface area contributed by atoms with Gasteiger partial charge in [0.25, 0.3) is 0 Å². The minimum atomic E-state index is -0.388. The number of hydrogen-bond acceptors (Lipinski definition) is 3. The summed E-state index contributed by atoms with van der Waals surface area (Å²) in [6.45, 7) is 3.96. The van der Waals surface area contributed by atoms with E-state index >= 15 is 0 Å². The Kier molecular flexibility index (Phi) is 2.91. The summed E-state index contributed by atoms with van der Waals surface area (Å²) in [5.74, 6) is 0. The second kappa shape index (κ2) is 3.95. The van der Waals surface area contributed by atoms with Crippen molar-refractivity contribution in [2.75, 3.05) is 19.8 Å². The number of amides is 1. The fraction of sp³-hybridized carbons (Fsp3) is 0.500. The van der Waals surface area contributed by atoms with Crippen LogP contribution >= 0.6 is 0 Å². The van der Waals surface area contributed by atoms with Gasteiger partial charge in [-0.15, -0.1) is 5.73 Å². The number of cyclic esters (lactones) is 1. The molecule has 1 amide bonds. The van der Waals surface area contributed by atoms with Crippen LogP contribution in [0.5, 0.6) is 0 Å². The van der Waals surface area contributed by atoms with Crippen molar-refractivity contribution < 1.29 is 14.6 Å². The second-order valence-electron chi connectivity index (χ2n) is 2.47. The number of hydrogen-bond donors (Lipinski definition) is 1. The number of aliphatic hydroxyl groups excluding tert-OH is 1. The van der Waals surface area contributed by atoms with Gasteiger partial charge in [-0.2, -0.15) is 0 Å². The van der Waals surface area contributed by atoms with Crippen molar-refractivity contribution in [1.29, 1.82) is 0 Å². The molecule has 1 N–H and O–H groups in total. The van der Waals surface area contributed by atoms with E-state index in [1.54, 1.807) is 6.08 Å². The van der Waals surface area contributed by atoms with Crippen LogP contribution in [0.1, 0.15) is 0 Å². The largest absolute Gasteiger partial charge is 0.447 e. The van der Waals surface area contributed by atoms with Crippen LogP contribution in [0.4, 0.5) is 4.79 Å². The van der Waals surface area contributed by atoms with Crippen LogP contribution in [0, 0.1) is 0 Å². The number of ether oxygens (including phenoxy) is 1. The van der Waals surface area contributed by atoms with Gasteiger partial charge in [0.1, 0.15) is 6.61 Å². The molecule has 0 aromatic carbocycles. The van der Waals surface area contributed by atoms with E-state index in [9.17, 15) is 4.79 Å². The van der Waals surface area contributed by atoms with E-state index in [2.05, 4.69) is 12.3 Å². The molecule has 1 fully saturated rings. The molecular formula is C8H11NO3. The molecule has 4 heteroatoms. The number of carbonyl (C=O) groups is 1. The van der Waals surface area contributed by atoms with Gasteiger partial charge in [-0.3, -0.25) is 4.90 Å². The molecule has 66 valence electrons. The second-order valence-corrected chi connectivity index (χ2v) is 2.47. The lowest BCUT2D eigenvalue weighted by atomic mass is 10.3. The number of nitrogens with zero attached hydrogens (tertiary/aromatic N) is 1. The Labute approximate surface area is 70.7 Å². The van der Waals surface area contributed by atoms with Crippen molar-refractivity contribution in [3.63, 3.8) is 0 Å². The van der Waals surface area contributed by atoms with Crippen molar-refractivity contribution in [3.8, 4) is 0 Å². The summed E-state index contributed by atoms with van der Waals surface area (Å²) in [5, 5.41) is 8.83. The van der Waals surface area contributed by atoms with Crippen LogP contribution in [0.3, 0.4) is 0 Å². The zero-order valence-electron chi connectivity index (χ0n) is 6.69. The Hall–Kier alpha value is -1.25. The maximum absolute atomic E-state index is 11.0. The summed E-state index contributed by atoms with van der Waals surface area (Å²) in [7, 11) is 0. The van der Waals surface area contributed by atoms with E-state index < -0.39 is 0 Å². The Bertz CT molecular complexity index is 220. The third-order valence-corrected chi connectivity index (χ3v) is 1.72. The Balaban J connectivity index is 2.57. The minimum Gasteiger partial charge on any atom is -0.447 e. The molecule has 0 aromatic rings. The molecule has 0 aliphatic carbocycles. The van der Waals surface area contributed by atoms with E-state index in [1.165, 1.54) is 4.90 Å². The van der Waals surface area contributed by atoms with Gasteiger partial charge in [0, 0.05) is 6.54 Å². The molecule has 0 aromatic heterocycles. The first-order chi connectivity index (χ1) is 5.79. The summed E-state index contributed by atoms with van der Waals surface area (Å²) < 4.78 is 4.72. The molecule has 0 radical (unpaired) electrons. The predicted octanol–water partition coefficient (Wildman–Crippen LogP) is 0.141. The molecular weight excluding hydrogens is 158 g/mol. The van der Waals surface area contributed by atoms with E-state index in [-0.39, 0.29) is 25.3 Å². The summed E-state index contributed by atoms with van der Waals surface area (Å²) >= 11 is 0. The molecule has 1 rings (SSSR count). The number of rotatable bonds is 3. The molecule has 12 heavy (non-hydrogen) atoms. The fourth-order valence-electron chi connectivity index (χ4n) is 1.03. The first kappa shape index (κ1) is 8.84. The van der Waals surface area contributed by atoms with Gasteiger partial charge in [-0.1, -0.05) is 6.58 Å². The Morgan fingerprint density at radius 2 is 2.67 bits per heavy atom. The normalized spacial score (nSPS) is 21.9. The summed E-state index contributed by atoms with van der Waals surface area (Å²) in [6.07, 6.45) is 1.23. The Morgan fingerprint density at radius 3 is 3.25 bits per heavy atom. The van der Waals surface area contributed by atoms with Crippen molar-refractivity contribution in [3.05, 3.63) is 18.4 Å². The van der Waals surface area contributed by atoms with Crippen LogP contribution in [0.15, 0.2) is 18.4 Å². The average Bonchev–Trinajstić information content (AvgIpc) is 2.43. The van der Waals surface area contributed by atoms with Gasteiger partial charge >= 0.3 is 6.09 Å². The Morgan fingerprint density at radius 1 is 1.92 bits per heavy atom. The maximum atomic E-state index is 11.0. The molecule has 1 aliphatic rings. The number of carbonyl (C=O) groups excluding carboxylic acids is 1. The SMILES string of the molecule is C=C=CCN1C(=O)OCC1CO. The standard InChI is InChI=1S/C8H11NO3/c1-2-3-4-9-7(5-10)6-12-8(9)11/h3,7,10H,1,4-6H2. The monoisotopic (exact) mass is 169 g/mol. The van der Waals surface area contributed by atoms with Gasteiger partial charge in [-0.25, -0.2) is 4.79 Å². The lowest BCUT2D eigenvalue weighted by Crippen LogP contribution is -2.35. The average molecular weight is 169 g/mol. The van der Waals surface area contributed by atoms with Gasteiger partial charge in [-0.05, 0) is 6.08 Å². The first-order valence-electron chi connectivity index (χ1n) is 3.68. The van der Waals surface area contributed by atoms with E-state index in [1.807, 2.05) is 0 Å². The third kappa shape index (κ3) is 1.67.